The highest BCUT2D eigenvalue weighted by atomic mass is 19.1. The third-order valence-corrected chi connectivity index (χ3v) is 4.16. The first-order valence-corrected chi connectivity index (χ1v) is 6.83. The van der Waals surface area contributed by atoms with Crippen molar-refractivity contribution in [3.63, 3.8) is 0 Å². The summed E-state index contributed by atoms with van der Waals surface area (Å²) in [5.74, 6) is -1.14. The fraction of sp³-hybridized carbons (Fsp3) is 0.533. The van der Waals surface area contributed by atoms with Crippen LogP contribution >= 0.6 is 0 Å². The first-order valence-electron chi connectivity index (χ1n) is 6.83. The van der Waals surface area contributed by atoms with Gasteiger partial charge in [-0.2, -0.15) is 0 Å². The third-order valence-electron chi connectivity index (χ3n) is 4.16. The van der Waals surface area contributed by atoms with Crippen molar-refractivity contribution in [1.29, 1.82) is 0 Å². The molecule has 0 aromatic heterocycles. The predicted molar refractivity (Wildman–Crippen MR) is 75.1 cm³/mol. The Morgan fingerprint density at radius 3 is 2.30 bits per heavy atom. The maximum absolute atomic E-state index is 13.1. The van der Waals surface area contributed by atoms with Gasteiger partial charge in [-0.3, -0.25) is 9.69 Å². The van der Waals surface area contributed by atoms with Gasteiger partial charge < -0.3 is 10.0 Å². The van der Waals surface area contributed by atoms with Crippen LogP contribution in [0.4, 0.5) is 4.39 Å². The van der Waals surface area contributed by atoms with Gasteiger partial charge in [0.2, 0.25) is 0 Å². The molecule has 0 saturated carbocycles. The Labute approximate surface area is 118 Å². The quantitative estimate of drug-likeness (QED) is 0.913. The van der Waals surface area contributed by atoms with Crippen LogP contribution < -0.4 is 0 Å². The summed E-state index contributed by atoms with van der Waals surface area (Å²) >= 11 is 0. The van der Waals surface area contributed by atoms with E-state index in [4.69, 9.17) is 0 Å². The number of rotatable bonds is 4. The van der Waals surface area contributed by atoms with Crippen LogP contribution in [0, 0.1) is 5.82 Å². The average molecular weight is 280 g/mol. The van der Waals surface area contributed by atoms with Crippen molar-refractivity contribution in [3.05, 3.63) is 35.6 Å². The minimum atomic E-state index is -0.837. The molecule has 4 nitrogen and oxygen atoms in total. The van der Waals surface area contributed by atoms with Gasteiger partial charge in [0.1, 0.15) is 5.82 Å². The molecule has 1 aliphatic rings. The summed E-state index contributed by atoms with van der Waals surface area (Å²) in [5.41, 5.74) is 0.256. The number of nitrogens with zero attached hydrogens (tertiary/aromatic N) is 2. The predicted octanol–water partition coefficient (Wildman–Crippen LogP) is 1.76. The fourth-order valence-corrected chi connectivity index (χ4v) is 2.80. The number of hydrogen-bond donors (Lipinski definition) is 1. The van der Waals surface area contributed by atoms with E-state index < -0.39 is 11.5 Å². The van der Waals surface area contributed by atoms with Crippen molar-refractivity contribution in [3.8, 4) is 0 Å². The van der Waals surface area contributed by atoms with Crippen LogP contribution in [-0.2, 0) is 10.3 Å². The largest absolute Gasteiger partial charge is 0.481 e. The third kappa shape index (κ3) is 3.16. The number of carboxylic acids is 1. The summed E-state index contributed by atoms with van der Waals surface area (Å²) < 4.78 is 13.1. The van der Waals surface area contributed by atoms with Gasteiger partial charge in [-0.15, -0.1) is 0 Å². The van der Waals surface area contributed by atoms with Gasteiger partial charge in [-0.05, 0) is 31.7 Å². The van der Waals surface area contributed by atoms with E-state index >= 15 is 0 Å². The van der Waals surface area contributed by atoms with Crippen LogP contribution in [0.25, 0.3) is 0 Å². The number of hydrogen-bond acceptors (Lipinski definition) is 3. The van der Waals surface area contributed by atoms with Crippen LogP contribution in [0.2, 0.25) is 0 Å². The molecule has 20 heavy (non-hydrogen) atoms. The molecule has 1 saturated heterocycles. The number of piperazine rings is 1. The smallest absolute Gasteiger partial charge is 0.305 e. The zero-order valence-electron chi connectivity index (χ0n) is 12.0. The highest BCUT2D eigenvalue weighted by Gasteiger charge is 2.37. The van der Waals surface area contributed by atoms with Crippen LogP contribution in [-0.4, -0.2) is 54.1 Å². The molecule has 5 heteroatoms. The molecule has 1 unspecified atom stereocenters. The molecule has 1 N–H and O–H groups in total. The second kappa shape index (κ2) is 5.89. The fourth-order valence-electron chi connectivity index (χ4n) is 2.80. The molecule has 1 aromatic rings. The molecular formula is C15H21FN2O2. The molecule has 0 aliphatic carbocycles. The highest BCUT2D eigenvalue weighted by Crippen LogP contribution is 2.32. The normalized spacial score (nSPS) is 20.6. The maximum Gasteiger partial charge on any atom is 0.305 e. The highest BCUT2D eigenvalue weighted by molar-refractivity contribution is 5.68. The van der Waals surface area contributed by atoms with E-state index in [0.29, 0.717) is 0 Å². The van der Waals surface area contributed by atoms with Gasteiger partial charge in [0.25, 0.3) is 0 Å². The van der Waals surface area contributed by atoms with Gasteiger partial charge in [0.05, 0.1) is 12.0 Å². The molecule has 1 atom stereocenters. The number of aliphatic carboxylic acids is 1. The lowest BCUT2D eigenvalue weighted by atomic mass is 9.86. The van der Waals surface area contributed by atoms with Gasteiger partial charge >= 0.3 is 5.97 Å². The molecule has 0 radical (unpaired) electrons. The Kier molecular flexibility index (Phi) is 4.40. The standard InChI is InChI=1S/C15H21FN2O2/c1-15(11-14(19)20,12-3-5-13(16)6-4-12)18-9-7-17(2)8-10-18/h3-6H,7-11H2,1-2H3,(H,19,20). The van der Waals surface area contributed by atoms with Crippen LogP contribution in [0.15, 0.2) is 24.3 Å². The molecule has 1 fully saturated rings. The summed E-state index contributed by atoms with van der Waals surface area (Å²) in [5, 5.41) is 9.24. The Morgan fingerprint density at radius 1 is 1.25 bits per heavy atom. The van der Waals surface area contributed by atoms with Crippen LogP contribution in [0.1, 0.15) is 18.9 Å². The molecule has 0 bridgehead atoms. The first-order chi connectivity index (χ1) is 9.41. The van der Waals surface area contributed by atoms with Gasteiger partial charge in [-0.1, -0.05) is 12.1 Å². The van der Waals surface area contributed by atoms with E-state index in [2.05, 4.69) is 16.8 Å². The number of carbonyl (C=O) groups is 1. The molecule has 0 spiro atoms. The second-order valence-electron chi connectivity index (χ2n) is 5.64. The van der Waals surface area contributed by atoms with Crippen molar-refractivity contribution >= 4 is 5.97 Å². The summed E-state index contributed by atoms with van der Waals surface area (Å²) in [6.45, 7) is 5.39. The van der Waals surface area contributed by atoms with Crippen molar-refractivity contribution in [2.45, 2.75) is 18.9 Å². The minimum Gasteiger partial charge on any atom is -0.481 e. The van der Waals surface area contributed by atoms with E-state index in [1.54, 1.807) is 12.1 Å². The van der Waals surface area contributed by atoms with Gasteiger partial charge in [0, 0.05) is 26.2 Å². The minimum absolute atomic E-state index is 0.0162. The summed E-state index contributed by atoms with van der Waals surface area (Å²) in [4.78, 5) is 15.7. The van der Waals surface area contributed by atoms with E-state index in [0.717, 1.165) is 31.7 Å². The maximum atomic E-state index is 13.1. The second-order valence-corrected chi connectivity index (χ2v) is 5.64. The summed E-state index contributed by atoms with van der Waals surface area (Å²) in [6, 6.07) is 6.17. The van der Waals surface area contributed by atoms with E-state index in [1.807, 2.05) is 6.92 Å². The lowest BCUT2D eigenvalue weighted by Crippen LogP contribution is -2.54. The lowest BCUT2D eigenvalue weighted by molar-refractivity contribution is -0.140. The van der Waals surface area contributed by atoms with Crippen molar-refractivity contribution in [2.24, 2.45) is 0 Å². The topological polar surface area (TPSA) is 43.8 Å². The van der Waals surface area contributed by atoms with E-state index in [9.17, 15) is 14.3 Å². The Balaban J connectivity index is 2.29. The molecule has 1 heterocycles. The molecule has 2 rings (SSSR count). The van der Waals surface area contributed by atoms with E-state index in [-0.39, 0.29) is 12.2 Å². The van der Waals surface area contributed by atoms with Gasteiger partial charge in [-0.25, -0.2) is 4.39 Å². The van der Waals surface area contributed by atoms with Crippen LogP contribution in [0.3, 0.4) is 0 Å². The Bertz CT molecular complexity index is 469. The molecule has 0 amide bonds. The molecular weight excluding hydrogens is 259 g/mol. The molecule has 1 aliphatic heterocycles. The number of carboxylic acid groups (broad SMARTS) is 1. The van der Waals surface area contributed by atoms with Crippen LogP contribution in [0.5, 0.6) is 0 Å². The SMILES string of the molecule is CN1CCN(C(C)(CC(=O)O)c2ccc(F)cc2)CC1. The number of likely N-dealkylation sites (N-methyl/N-ethyl adjacent to an activating group) is 1. The molecule has 1 aromatic carbocycles. The van der Waals surface area contributed by atoms with Gasteiger partial charge in [0.15, 0.2) is 0 Å². The average Bonchev–Trinajstić information content (AvgIpc) is 2.39. The lowest BCUT2D eigenvalue weighted by Gasteiger charge is -2.45. The Hall–Kier alpha value is -1.46. The van der Waals surface area contributed by atoms with Crippen molar-refractivity contribution in [1.82, 2.24) is 9.80 Å². The monoisotopic (exact) mass is 280 g/mol. The zero-order valence-corrected chi connectivity index (χ0v) is 12.0. The van der Waals surface area contributed by atoms with Crippen molar-refractivity contribution < 1.29 is 14.3 Å². The summed E-state index contributed by atoms with van der Waals surface area (Å²) in [6.07, 6.45) is 0.0162. The number of benzene rings is 1. The Morgan fingerprint density at radius 2 is 1.80 bits per heavy atom. The van der Waals surface area contributed by atoms with E-state index in [1.165, 1.54) is 12.1 Å². The summed E-state index contributed by atoms with van der Waals surface area (Å²) in [7, 11) is 2.06. The molecule has 110 valence electrons. The first kappa shape index (κ1) is 14.9. The zero-order chi connectivity index (χ0) is 14.8. The number of halogens is 1. The van der Waals surface area contributed by atoms with Crippen molar-refractivity contribution in [2.75, 3.05) is 33.2 Å².